The molecule has 1 heterocycles. The van der Waals surface area contributed by atoms with E-state index in [1.54, 1.807) is 12.1 Å². The van der Waals surface area contributed by atoms with E-state index in [-0.39, 0.29) is 16.6 Å². The van der Waals surface area contributed by atoms with Gasteiger partial charge >= 0.3 is 0 Å². The first-order valence-electron chi connectivity index (χ1n) is 8.80. The van der Waals surface area contributed by atoms with Crippen LogP contribution in [-0.4, -0.2) is 47.7 Å². The van der Waals surface area contributed by atoms with Crippen molar-refractivity contribution in [3.8, 4) is 5.75 Å². The monoisotopic (exact) mass is 405 g/mol. The fourth-order valence-electron chi connectivity index (χ4n) is 2.91. The Hall–Kier alpha value is -2.78. The minimum atomic E-state index is -3.81. The van der Waals surface area contributed by atoms with E-state index in [9.17, 15) is 13.2 Å². The summed E-state index contributed by atoms with van der Waals surface area (Å²) in [6.45, 7) is 4.36. The number of sulfonamides is 1. The van der Waals surface area contributed by atoms with E-state index in [2.05, 4.69) is 14.9 Å². The van der Waals surface area contributed by atoms with Crippen LogP contribution in [0.4, 0.5) is 17.1 Å². The predicted molar refractivity (Wildman–Crippen MR) is 108 cm³/mol. The number of hydrogen-bond donors (Lipinski definition) is 2. The maximum Gasteiger partial charge on any atom is 0.262 e. The van der Waals surface area contributed by atoms with Gasteiger partial charge in [0.05, 0.1) is 30.9 Å². The summed E-state index contributed by atoms with van der Waals surface area (Å²) in [6, 6.07) is 11.5. The van der Waals surface area contributed by atoms with Gasteiger partial charge in [-0.15, -0.1) is 0 Å². The number of nitrogens with zero attached hydrogens (tertiary/aromatic N) is 1. The van der Waals surface area contributed by atoms with Crippen molar-refractivity contribution in [3.05, 3.63) is 42.5 Å². The quantitative estimate of drug-likeness (QED) is 0.765. The normalized spacial score (nSPS) is 14.4. The van der Waals surface area contributed by atoms with Crippen LogP contribution in [0.25, 0.3) is 0 Å². The average Bonchev–Trinajstić information content (AvgIpc) is 2.68. The molecule has 1 fully saturated rings. The van der Waals surface area contributed by atoms with E-state index in [4.69, 9.17) is 9.47 Å². The molecule has 0 aromatic heterocycles. The van der Waals surface area contributed by atoms with Crippen LogP contribution in [0, 0.1) is 0 Å². The molecule has 0 radical (unpaired) electrons. The summed E-state index contributed by atoms with van der Waals surface area (Å²) < 4.78 is 38.5. The van der Waals surface area contributed by atoms with Crippen molar-refractivity contribution in [2.75, 3.05) is 48.4 Å². The van der Waals surface area contributed by atoms with Gasteiger partial charge in [-0.05, 0) is 36.4 Å². The molecule has 0 unspecified atom stereocenters. The highest BCUT2D eigenvalue weighted by Gasteiger charge is 2.18. The summed E-state index contributed by atoms with van der Waals surface area (Å²) in [5, 5.41) is 2.60. The smallest absolute Gasteiger partial charge is 0.262 e. The SMILES string of the molecule is COc1cc(S(=O)(=O)Nc2ccc(N3CCOCC3)cc2)ccc1NC(C)=O. The Morgan fingerprint density at radius 3 is 2.39 bits per heavy atom. The van der Waals surface area contributed by atoms with E-state index in [0.29, 0.717) is 24.6 Å². The summed E-state index contributed by atoms with van der Waals surface area (Å²) in [5.41, 5.74) is 1.89. The molecule has 2 aromatic rings. The van der Waals surface area contributed by atoms with Crippen molar-refractivity contribution >= 4 is 33.0 Å². The summed E-state index contributed by atoms with van der Waals surface area (Å²) in [5.74, 6) is -0.00636. The molecule has 0 aliphatic carbocycles. The van der Waals surface area contributed by atoms with Gasteiger partial charge in [-0.3, -0.25) is 9.52 Å². The Balaban J connectivity index is 1.76. The number of anilines is 3. The lowest BCUT2D eigenvalue weighted by molar-refractivity contribution is -0.114. The molecular formula is C19H23N3O5S. The molecule has 2 aromatic carbocycles. The summed E-state index contributed by atoms with van der Waals surface area (Å²) in [6.07, 6.45) is 0. The number of benzene rings is 2. The molecule has 8 nitrogen and oxygen atoms in total. The van der Waals surface area contributed by atoms with E-state index in [0.717, 1.165) is 18.8 Å². The molecule has 1 saturated heterocycles. The highest BCUT2D eigenvalue weighted by Crippen LogP contribution is 2.29. The van der Waals surface area contributed by atoms with Gasteiger partial charge in [0.15, 0.2) is 0 Å². The van der Waals surface area contributed by atoms with Crippen LogP contribution in [0.3, 0.4) is 0 Å². The highest BCUT2D eigenvalue weighted by atomic mass is 32.2. The van der Waals surface area contributed by atoms with Crippen molar-refractivity contribution in [2.24, 2.45) is 0 Å². The van der Waals surface area contributed by atoms with Crippen molar-refractivity contribution in [2.45, 2.75) is 11.8 Å². The Labute approximate surface area is 164 Å². The van der Waals surface area contributed by atoms with Gasteiger partial charge in [0.2, 0.25) is 5.91 Å². The molecular weight excluding hydrogens is 382 g/mol. The third-order valence-corrected chi connectivity index (χ3v) is 5.67. The van der Waals surface area contributed by atoms with E-state index in [1.165, 1.54) is 32.2 Å². The molecule has 150 valence electrons. The van der Waals surface area contributed by atoms with Crippen LogP contribution in [-0.2, 0) is 19.6 Å². The number of carbonyl (C=O) groups excluding carboxylic acids is 1. The molecule has 0 atom stereocenters. The van der Waals surface area contributed by atoms with Crippen LogP contribution in [0.1, 0.15) is 6.92 Å². The minimum Gasteiger partial charge on any atom is -0.495 e. The number of morpholine rings is 1. The van der Waals surface area contributed by atoms with Gasteiger partial charge in [-0.1, -0.05) is 0 Å². The first-order chi connectivity index (χ1) is 13.4. The Morgan fingerprint density at radius 2 is 1.79 bits per heavy atom. The number of rotatable bonds is 6. The topological polar surface area (TPSA) is 97.0 Å². The zero-order chi connectivity index (χ0) is 20.1. The number of methoxy groups -OCH3 is 1. The Kier molecular flexibility index (Phi) is 6.05. The van der Waals surface area contributed by atoms with Gasteiger partial charge in [0.1, 0.15) is 5.75 Å². The Morgan fingerprint density at radius 1 is 1.11 bits per heavy atom. The zero-order valence-electron chi connectivity index (χ0n) is 15.8. The fourth-order valence-corrected chi connectivity index (χ4v) is 3.98. The van der Waals surface area contributed by atoms with E-state index < -0.39 is 10.0 Å². The highest BCUT2D eigenvalue weighted by molar-refractivity contribution is 7.92. The van der Waals surface area contributed by atoms with E-state index >= 15 is 0 Å². The molecule has 1 aliphatic heterocycles. The first-order valence-corrected chi connectivity index (χ1v) is 10.3. The molecule has 0 saturated carbocycles. The molecule has 1 aliphatic rings. The van der Waals surface area contributed by atoms with Crippen LogP contribution >= 0.6 is 0 Å². The van der Waals surface area contributed by atoms with Gasteiger partial charge < -0.3 is 19.7 Å². The molecule has 0 spiro atoms. The van der Waals surface area contributed by atoms with E-state index in [1.807, 2.05) is 12.1 Å². The second-order valence-corrected chi connectivity index (χ2v) is 7.98. The molecule has 9 heteroatoms. The lowest BCUT2D eigenvalue weighted by atomic mass is 10.2. The number of amides is 1. The average molecular weight is 405 g/mol. The summed E-state index contributed by atoms with van der Waals surface area (Å²) >= 11 is 0. The van der Waals surface area contributed by atoms with Crippen LogP contribution in [0.15, 0.2) is 47.4 Å². The molecule has 2 N–H and O–H groups in total. The predicted octanol–water partition coefficient (Wildman–Crippen LogP) is 2.29. The lowest BCUT2D eigenvalue weighted by Gasteiger charge is -2.28. The van der Waals surface area contributed by atoms with Crippen molar-refractivity contribution in [1.29, 1.82) is 0 Å². The molecule has 3 rings (SSSR count). The standard InChI is InChI=1S/C19H23N3O5S/c1-14(23)20-18-8-7-17(13-19(18)26-2)28(24,25)21-15-3-5-16(6-4-15)22-9-11-27-12-10-22/h3-8,13,21H,9-12H2,1-2H3,(H,20,23). The van der Waals surface area contributed by atoms with Gasteiger partial charge in [0, 0.05) is 37.5 Å². The molecule has 0 bridgehead atoms. The first kappa shape index (κ1) is 20.0. The van der Waals surface area contributed by atoms with Crippen molar-refractivity contribution < 1.29 is 22.7 Å². The lowest BCUT2D eigenvalue weighted by Crippen LogP contribution is -2.36. The van der Waals surface area contributed by atoms with Gasteiger partial charge in [0.25, 0.3) is 10.0 Å². The van der Waals surface area contributed by atoms with Crippen molar-refractivity contribution in [1.82, 2.24) is 0 Å². The van der Waals surface area contributed by atoms with Crippen LogP contribution < -0.4 is 19.7 Å². The minimum absolute atomic E-state index is 0.0377. The molecule has 1 amide bonds. The van der Waals surface area contributed by atoms with Crippen LogP contribution in [0.2, 0.25) is 0 Å². The maximum absolute atomic E-state index is 12.7. The Bertz CT molecular complexity index is 939. The molecule has 28 heavy (non-hydrogen) atoms. The number of ether oxygens (including phenoxy) is 2. The zero-order valence-corrected chi connectivity index (χ0v) is 16.6. The number of hydrogen-bond acceptors (Lipinski definition) is 6. The number of carbonyl (C=O) groups is 1. The third kappa shape index (κ3) is 4.73. The second-order valence-electron chi connectivity index (χ2n) is 6.30. The summed E-state index contributed by atoms with van der Waals surface area (Å²) in [4.78, 5) is 13.5. The fraction of sp³-hybridized carbons (Fsp3) is 0.316. The summed E-state index contributed by atoms with van der Waals surface area (Å²) in [7, 11) is -2.39. The van der Waals surface area contributed by atoms with Gasteiger partial charge in [-0.25, -0.2) is 8.42 Å². The largest absolute Gasteiger partial charge is 0.495 e. The number of nitrogens with one attached hydrogen (secondary N) is 2. The third-order valence-electron chi connectivity index (χ3n) is 4.29. The van der Waals surface area contributed by atoms with Crippen molar-refractivity contribution in [3.63, 3.8) is 0 Å². The van der Waals surface area contributed by atoms with Crippen LogP contribution in [0.5, 0.6) is 5.75 Å². The second kappa shape index (κ2) is 8.49. The maximum atomic E-state index is 12.7. The van der Waals surface area contributed by atoms with Gasteiger partial charge in [-0.2, -0.15) is 0 Å².